The topological polar surface area (TPSA) is 38.7 Å². The molecule has 7 aromatic carbocycles. The number of rotatable bonds is 7. The van der Waals surface area contributed by atoms with Crippen LogP contribution in [0.1, 0.15) is 23.6 Å². The van der Waals surface area contributed by atoms with Gasteiger partial charge >= 0.3 is 0 Å². The van der Waals surface area contributed by atoms with Crippen molar-refractivity contribution >= 4 is 21.5 Å². The van der Waals surface area contributed by atoms with Gasteiger partial charge in [-0.25, -0.2) is 15.0 Å². The zero-order chi connectivity index (χ0) is 34.9. The van der Waals surface area contributed by atoms with Crippen LogP contribution < -0.4 is 0 Å². The van der Waals surface area contributed by atoms with Gasteiger partial charge in [0.05, 0.1) is 5.41 Å². The fraction of sp³-hybridized carbons (Fsp3) is 0.0408. The number of fused-ring (bicyclic) bond motifs is 5. The third kappa shape index (κ3) is 5.26. The van der Waals surface area contributed by atoms with Gasteiger partial charge in [-0.3, -0.25) is 0 Å². The molecule has 0 spiro atoms. The normalized spacial score (nSPS) is 15.2. The first-order valence-corrected chi connectivity index (χ1v) is 17.7. The van der Waals surface area contributed by atoms with E-state index in [2.05, 4.69) is 188 Å². The van der Waals surface area contributed by atoms with Gasteiger partial charge < -0.3 is 0 Å². The smallest absolute Gasteiger partial charge is 0.164 e. The highest BCUT2D eigenvalue weighted by Crippen LogP contribution is 2.54. The molecule has 1 aliphatic carbocycles. The molecule has 1 heterocycles. The second kappa shape index (κ2) is 13.2. The zero-order valence-corrected chi connectivity index (χ0v) is 28.8. The maximum absolute atomic E-state index is 5.26. The van der Waals surface area contributed by atoms with Gasteiger partial charge in [-0.05, 0) is 62.4 Å². The molecular formula is C49H35N3. The molecule has 1 aliphatic rings. The monoisotopic (exact) mass is 665 g/mol. The molecule has 8 aromatic rings. The van der Waals surface area contributed by atoms with Crippen molar-refractivity contribution in [2.75, 3.05) is 0 Å². The molecule has 1 atom stereocenters. The molecule has 3 heteroatoms. The Bertz CT molecular complexity index is 2600. The van der Waals surface area contributed by atoms with E-state index in [-0.39, 0.29) is 0 Å². The van der Waals surface area contributed by atoms with E-state index in [1.807, 2.05) is 13.0 Å². The molecule has 0 N–H and O–H groups in total. The largest absolute Gasteiger partial charge is 0.208 e. The summed E-state index contributed by atoms with van der Waals surface area (Å²) in [7, 11) is 0. The minimum Gasteiger partial charge on any atom is -0.208 e. The Hall–Kier alpha value is -6.71. The maximum Gasteiger partial charge on any atom is 0.164 e. The first-order chi connectivity index (χ1) is 25.7. The van der Waals surface area contributed by atoms with Crippen molar-refractivity contribution in [2.45, 2.75) is 12.3 Å². The number of aromatic nitrogens is 3. The molecule has 1 aromatic heterocycles. The SMILES string of the molecule is C\C=C/C=C\C=C\C1(c2ccccc2)c2ccccc2-c2ccc(-c3nc(-c4cccc5ccccc45)nc(-c4cccc5ccccc45)n3)cc21. The lowest BCUT2D eigenvalue weighted by Crippen LogP contribution is -2.24. The predicted octanol–water partition coefficient (Wildman–Crippen LogP) is 12.2. The predicted molar refractivity (Wildman–Crippen MR) is 216 cm³/mol. The van der Waals surface area contributed by atoms with E-state index in [0.29, 0.717) is 17.5 Å². The molecule has 3 nitrogen and oxygen atoms in total. The summed E-state index contributed by atoms with van der Waals surface area (Å²) in [6.07, 6.45) is 12.8. The van der Waals surface area contributed by atoms with Crippen molar-refractivity contribution in [3.05, 3.63) is 211 Å². The third-order valence-electron chi connectivity index (χ3n) is 10.1. The Morgan fingerprint density at radius 1 is 0.423 bits per heavy atom. The van der Waals surface area contributed by atoms with Crippen LogP contribution in [0.5, 0.6) is 0 Å². The zero-order valence-electron chi connectivity index (χ0n) is 28.8. The number of hydrogen-bond acceptors (Lipinski definition) is 3. The van der Waals surface area contributed by atoms with Gasteiger partial charge in [-0.15, -0.1) is 0 Å². The van der Waals surface area contributed by atoms with Gasteiger partial charge in [0, 0.05) is 16.7 Å². The summed E-state index contributed by atoms with van der Waals surface area (Å²) in [5.74, 6) is 1.94. The first-order valence-electron chi connectivity index (χ1n) is 17.7. The second-order valence-corrected chi connectivity index (χ2v) is 13.1. The van der Waals surface area contributed by atoms with E-state index in [0.717, 1.165) is 38.2 Å². The van der Waals surface area contributed by atoms with Crippen LogP contribution >= 0.6 is 0 Å². The Morgan fingerprint density at radius 3 is 1.65 bits per heavy atom. The van der Waals surface area contributed by atoms with E-state index in [9.17, 15) is 0 Å². The lowest BCUT2D eigenvalue weighted by atomic mass is 9.72. The van der Waals surface area contributed by atoms with Crippen molar-refractivity contribution < 1.29 is 0 Å². The number of hydrogen-bond donors (Lipinski definition) is 0. The van der Waals surface area contributed by atoms with E-state index in [4.69, 9.17) is 15.0 Å². The van der Waals surface area contributed by atoms with Crippen LogP contribution in [0.2, 0.25) is 0 Å². The standard InChI is InChI=1S/C49H35N3/c1-2-3-4-5-15-32-49(37-22-7-6-8-23-37)44-29-14-13-26-40(44)41-31-30-36(33-45(41)49)46-50-47(42-27-16-20-34-18-9-11-24-38(34)42)52-48(51-46)43-28-17-21-35-19-10-12-25-39(35)43/h2-33H,1H3/b3-2-,5-4-,32-15+. The molecule has 1 unspecified atom stereocenters. The van der Waals surface area contributed by atoms with Gasteiger partial charge in [-0.1, -0.05) is 188 Å². The summed E-state index contributed by atoms with van der Waals surface area (Å²) in [4.78, 5) is 15.7. The van der Waals surface area contributed by atoms with Crippen LogP contribution in [0.25, 0.3) is 66.8 Å². The van der Waals surface area contributed by atoms with Crippen LogP contribution in [0.4, 0.5) is 0 Å². The highest BCUT2D eigenvalue weighted by molar-refractivity contribution is 5.97. The summed E-state index contributed by atoms with van der Waals surface area (Å²) in [5.41, 5.74) is 8.49. The number of benzene rings is 7. The third-order valence-corrected chi connectivity index (χ3v) is 10.1. The molecule has 0 aliphatic heterocycles. The Kier molecular flexibility index (Phi) is 7.94. The van der Waals surface area contributed by atoms with Crippen molar-refractivity contribution in [1.82, 2.24) is 15.0 Å². The lowest BCUT2D eigenvalue weighted by Gasteiger charge is -2.30. The molecule has 0 saturated carbocycles. The minimum atomic E-state index is -0.520. The Balaban J connectivity index is 1.30. The maximum atomic E-state index is 5.26. The fourth-order valence-corrected chi connectivity index (χ4v) is 7.77. The van der Waals surface area contributed by atoms with Gasteiger partial charge in [0.1, 0.15) is 0 Å². The first kappa shape index (κ1) is 31.3. The molecular weight excluding hydrogens is 631 g/mol. The summed E-state index contributed by atoms with van der Waals surface area (Å²) in [6, 6.07) is 55.8. The van der Waals surface area contributed by atoms with Gasteiger partial charge in [0.2, 0.25) is 0 Å². The van der Waals surface area contributed by atoms with E-state index >= 15 is 0 Å². The molecule has 0 saturated heterocycles. The number of allylic oxidation sites excluding steroid dienone is 6. The molecule has 52 heavy (non-hydrogen) atoms. The Morgan fingerprint density at radius 2 is 0.962 bits per heavy atom. The lowest BCUT2D eigenvalue weighted by molar-refractivity contribution is 0.804. The summed E-state index contributed by atoms with van der Waals surface area (Å²) in [6.45, 7) is 2.03. The molecule has 0 radical (unpaired) electrons. The average molecular weight is 666 g/mol. The highest BCUT2D eigenvalue weighted by Gasteiger charge is 2.42. The van der Waals surface area contributed by atoms with Crippen molar-refractivity contribution in [3.8, 4) is 45.3 Å². The molecule has 9 rings (SSSR count). The molecule has 0 bridgehead atoms. The van der Waals surface area contributed by atoms with Crippen LogP contribution in [0.15, 0.2) is 194 Å². The highest BCUT2D eigenvalue weighted by atomic mass is 15.0. The molecule has 0 amide bonds. The van der Waals surface area contributed by atoms with Crippen molar-refractivity contribution in [2.24, 2.45) is 0 Å². The summed E-state index contributed by atoms with van der Waals surface area (Å²) < 4.78 is 0. The number of nitrogens with zero attached hydrogens (tertiary/aromatic N) is 3. The summed E-state index contributed by atoms with van der Waals surface area (Å²) >= 11 is 0. The van der Waals surface area contributed by atoms with Crippen molar-refractivity contribution in [1.29, 1.82) is 0 Å². The van der Waals surface area contributed by atoms with Gasteiger partial charge in [0.25, 0.3) is 0 Å². The second-order valence-electron chi connectivity index (χ2n) is 13.1. The molecule has 0 fully saturated rings. The van der Waals surface area contributed by atoms with Gasteiger partial charge in [0.15, 0.2) is 17.5 Å². The summed E-state index contributed by atoms with van der Waals surface area (Å²) in [5, 5.41) is 4.50. The quantitative estimate of drug-likeness (QED) is 0.159. The fourth-order valence-electron chi connectivity index (χ4n) is 7.77. The van der Waals surface area contributed by atoms with Crippen LogP contribution in [-0.4, -0.2) is 15.0 Å². The van der Waals surface area contributed by atoms with Crippen LogP contribution in [0.3, 0.4) is 0 Å². The minimum absolute atomic E-state index is 0.520. The van der Waals surface area contributed by atoms with E-state index < -0.39 is 5.41 Å². The van der Waals surface area contributed by atoms with Gasteiger partial charge in [-0.2, -0.15) is 0 Å². The molecule has 246 valence electrons. The van der Waals surface area contributed by atoms with Crippen molar-refractivity contribution in [3.63, 3.8) is 0 Å². The Labute approximate surface area is 304 Å². The van der Waals surface area contributed by atoms with Crippen LogP contribution in [-0.2, 0) is 5.41 Å². The average Bonchev–Trinajstić information content (AvgIpc) is 3.50. The van der Waals surface area contributed by atoms with E-state index in [1.54, 1.807) is 0 Å². The van der Waals surface area contributed by atoms with E-state index in [1.165, 1.54) is 27.8 Å². The van der Waals surface area contributed by atoms with Crippen LogP contribution in [0, 0.1) is 0 Å².